The van der Waals surface area contributed by atoms with E-state index in [2.05, 4.69) is 25.1 Å². The molecule has 2 N–H and O–H groups in total. The van der Waals surface area contributed by atoms with Gasteiger partial charge in [-0.05, 0) is 55.9 Å². The minimum absolute atomic E-state index is 0.00871. The SMILES string of the molecule is Cc1nnsc1C(=O)N1CCCN(c2ccc(C(=O)N3CCNCC3)cc2NC(=O)C2CCCC2)CC1. The summed E-state index contributed by atoms with van der Waals surface area (Å²) in [7, 11) is 0. The first kappa shape index (κ1) is 25.6. The zero-order valence-corrected chi connectivity index (χ0v) is 22.2. The second-order valence-electron chi connectivity index (χ2n) is 10.1. The van der Waals surface area contributed by atoms with E-state index >= 15 is 0 Å². The Hall–Kier alpha value is -3.05. The number of aromatic nitrogens is 2. The molecule has 2 aromatic rings. The van der Waals surface area contributed by atoms with Gasteiger partial charge in [-0.25, -0.2) is 0 Å². The van der Waals surface area contributed by atoms with Gasteiger partial charge in [0.05, 0.1) is 17.1 Å². The molecule has 37 heavy (non-hydrogen) atoms. The third kappa shape index (κ3) is 5.77. The number of piperazine rings is 1. The number of aryl methyl sites for hydroxylation is 1. The van der Waals surface area contributed by atoms with Crippen LogP contribution in [0.2, 0.25) is 0 Å². The Morgan fingerprint density at radius 3 is 2.43 bits per heavy atom. The van der Waals surface area contributed by atoms with Gasteiger partial charge in [0.25, 0.3) is 11.8 Å². The van der Waals surface area contributed by atoms with Gasteiger partial charge in [-0.1, -0.05) is 17.3 Å². The van der Waals surface area contributed by atoms with E-state index in [1.165, 1.54) is 0 Å². The number of nitrogens with zero attached hydrogens (tertiary/aromatic N) is 5. The van der Waals surface area contributed by atoms with Crippen LogP contribution in [0, 0.1) is 12.8 Å². The fraction of sp³-hybridized carbons (Fsp3) is 0.577. The van der Waals surface area contributed by atoms with Crippen LogP contribution in [-0.4, -0.2) is 89.5 Å². The normalized spacial score (nSPS) is 19.1. The number of carbonyl (C=O) groups excluding carboxylic acids is 3. The van der Waals surface area contributed by atoms with Gasteiger partial charge in [0.1, 0.15) is 4.88 Å². The fourth-order valence-electron chi connectivity index (χ4n) is 5.45. The van der Waals surface area contributed by atoms with Crippen LogP contribution in [0.15, 0.2) is 18.2 Å². The number of benzene rings is 1. The molecule has 2 saturated heterocycles. The summed E-state index contributed by atoms with van der Waals surface area (Å²) in [6.07, 6.45) is 4.78. The number of hydrogen-bond donors (Lipinski definition) is 2. The van der Waals surface area contributed by atoms with Gasteiger partial charge in [0.2, 0.25) is 5.91 Å². The molecule has 1 aromatic heterocycles. The lowest BCUT2D eigenvalue weighted by Crippen LogP contribution is -2.46. The number of amides is 3. The van der Waals surface area contributed by atoms with Gasteiger partial charge in [-0.3, -0.25) is 14.4 Å². The summed E-state index contributed by atoms with van der Waals surface area (Å²) in [4.78, 5) is 45.9. The van der Waals surface area contributed by atoms with Gasteiger partial charge < -0.3 is 25.3 Å². The summed E-state index contributed by atoms with van der Waals surface area (Å²) in [6.45, 7) is 7.33. The smallest absolute Gasteiger partial charge is 0.267 e. The molecule has 1 aromatic carbocycles. The second-order valence-corrected chi connectivity index (χ2v) is 10.8. The van der Waals surface area contributed by atoms with Crippen molar-refractivity contribution in [3.63, 3.8) is 0 Å². The minimum atomic E-state index is -0.0268. The fourth-order valence-corrected chi connectivity index (χ4v) is 6.08. The Bertz CT molecular complexity index is 1140. The highest BCUT2D eigenvalue weighted by molar-refractivity contribution is 7.07. The molecule has 3 amide bonds. The van der Waals surface area contributed by atoms with Crippen molar-refractivity contribution >= 4 is 40.6 Å². The van der Waals surface area contributed by atoms with E-state index in [1.54, 1.807) is 0 Å². The van der Waals surface area contributed by atoms with Crippen LogP contribution in [0.3, 0.4) is 0 Å². The lowest BCUT2D eigenvalue weighted by Gasteiger charge is -2.29. The van der Waals surface area contributed by atoms with Gasteiger partial charge in [0.15, 0.2) is 0 Å². The van der Waals surface area contributed by atoms with Crippen molar-refractivity contribution in [1.29, 1.82) is 0 Å². The van der Waals surface area contributed by atoms with Crippen LogP contribution in [0.4, 0.5) is 11.4 Å². The molecule has 1 aliphatic carbocycles. The van der Waals surface area contributed by atoms with Crippen molar-refractivity contribution in [2.45, 2.75) is 39.0 Å². The zero-order valence-electron chi connectivity index (χ0n) is 21.4. The van der Waals surface area contributed by atoms with E-state index in [0.717, 1.165) is 69.0 Å². The van der Waals surface area contributed by atoms with Crippen molar-refractivity contribution in [3.05, 3.63) is 34.3 Å². The Balaban J connectivity index is 1.36. The molecule has 11 heteroatoms. The highest BCUT2D eigenvalue weighted by atomic mass is 32.1. The molecule has 5 rings (SSSR count). The minimum Gasteiger partial charge on any atom is -0.368 e. The Morgan fingerprint density at radius 1 is 0.946 bits per heavy atom. The maximum absolute atomic E-state index is 13.2. The van der Waals surface area contributed by atoms with Gasteiger partial charge in [-0.2, -0.15) is 0 Å². The summed E-state index contributed by atoms with van der Waals surface area (Å²) in [5, 5.41) is 10.4. The van der Waals surface area contributed by atoms with E-state index in [4.69, 9.17) is 0 Å². The molecule has 2 aliphatic heterocycles. The average Bonchev–Trinajstić information content (AvgIpc) is 3.55. The van der Waals surface area contributed by atoms with Crippen molar-refractivity contribution in [3.8, 4) is 0 Å². The van der Waals surface area contributed by atoms with Crippen LogP contribution in [0.25, 0.3) is 0 Å². The van der Waals surface area contributed by atoms with Gasteiger partial charge in [0, 0.05) is 63.8 Å². The molecule has 0 atom stereocenters. The van der Waals surface area contributed by atoms with Gasteiger partial charge in [-0.15, -0.1) is 5.10 Å². The molecule has 0 radical (unpaired) electrons. The van der Waals surface area contributed by atoms with Crippen molar-refractivity contribution in [2.24, 2.45) is 5.92 Å². The molecule has 0 bridgehead atoms. The summed E-state index contributed by atoms with van der Waals surface area (Å²) in [5.41, 5.74) is 2.83. The summed E-state index contributed by atoms with van der Waals surface area (Å²) in [5.74, 6) is 0.0193. The molecule has 1 saturated carbocycles. The standard InChI is InChI=1S/C26H35N7O3S/c1-18-23(37-30-29-18)26(36)32-12-4-11-31(15-16-32)22-8-7-20(25(35)33-13-9-27-10-14-33)17-21(22)28-24(34)19-5-2-3-6-19/h7-8,17,19,27H,2-6,9-16H2,1H3,(H,28,34). The van der Waals surface area contributed by atoms with E-state index in [9.17, 15) is 14.4 Å². The first-order chi connectivity index (χ1) is 18.0. The van der Waals surface area contributed by atoms with Crippen molar-refractivity contribution in [1.82, 2.24) is 24.7 Å². The number of hydrogen-bond acceptors (Lipinski definition) is 8. The lowest BCUT2D eigenvalue weighted by atomic mass is 10.1. The van der Waals surface area contributed by atoms with Gasteiger partial charge >= 0.3 is 0 Å². The zero-order chi connectivity index (χ0) is 25.8. The Labute approximate surface area is 221 Å². The third-order valence-corrected chi connectivity index (χ3v) is 8.42. The average molecular weight is 526 g/mol. The Morgan fingerprint density at radius 2 is 1.70 bits per heavy atom. The second kappa shape index (κ2) is 11.6. The summed E-state index contributed by atoms with van der Waals surface area (Å²) >= 11 is 1.14. The number of anilines is 2. The molecule has 3 heterocycles. The third-order valence-electron chi connectivity index (χ3n) is 7.60. The lowest BCUT2D eigenvalue weighted by molar-refractivity contribution is -0.119. The predicted octanol–water partition coefficient (Wildman–Crippen LogP) is 2.37. The number of nitrogens with one attached hydrogen (secondary N) is 2. The number of carbonyl (C=O) groups is 3. The maximum Gasteiger partial charge on any atom is 0.267 e. The first-order valence-electron chi connectivity index (χ1n) is 13.3. The Kier molecular flexibility index (Phi) is 7.99. The highest BCUT2D eigenvalue weighted by Crippen LogP contribution is 2.32. The van der Waals surface area contributed by atoms with Crippen LogP contribution < -0.4 is 15.5 Å². The van der Waals surface area contributed by atoms with Crippen LogP contribution >= 0.6 is 11.5 Å². The van der Waals surface area contributed by atoms with E-state index in [1.807, 2.05) is 34.9 Å². The summed E-state index contributed by atoms with van der Waals surface area (Å²) < 4.78 is 3.91. The first-order valence-corrected chi connectivity index (χ1v) is 14.1. The quantitative estimate of drug-likeness (QED) is 0.617. The summed E-state index contributed by atoms with van der Waals surface area (Å²) in [6, 6.07) is 5.66. The van der Waals surface area contributed by atoms with Crippen molar-refractivity contribution in [2.75, 3.05) is 62.6 Å². The van der Waals surface area contributed by atoms with Crippen LogP contribution in [0.1, 0.15) is 57.8 Å². The molecule has 3 fully saturated rings. The monoisotopic (exact) mass is 525 g/mol. The molecule has 0 spiro atoms. The van der Waals surface area contributed by atoms with Crippen molar-refractivity contribution < 1.29 is 14.4 Å². The topological polar surface area (TPSA) is 111 Å². The molecule has 0 unspecified atom stereocenters. The van der Waals surface area contributed by atoms with E-state index in [-0.39, 0.29) is 23.6 Å². The molecule has 3 aliphatic rings. The van der Waals surface area contributed by atoms with Crippen LogP contribution in [-0.2, 0) is 4.79 Å². The van der Waals surface area contributed by atoms with E-state index < -0.39 is 0 Å². The predicted molar refractivity (Wildman–Crippen MR) is 143 cm³/mol. The van der Waals surface area contributed by atoms with Crippen LogP contribution in [0.5, 0.6) is 0 Å². The maximum atomic E-state index is 13.2. The molecular formula is C26H35N7O3S. The largest absolute Gasteiger partial charge is 0.368 e. The highest BCUT2D eigenvalue weighted by Gasteiger charge is 2.28. The molecule has 198 valence electrons. The molecular weight excluding hydrogens is 490 g/mol. The van der Waals surface area contributed by atoms with E-state index in [0.29, 0.717) is 54.5 Å². The molecule has 10 nitrogen and oxygen atoms in total. The number of rotatable bonds is 5.